The summed E-state index contributed by atoms with van der Waals surface area (Å²) in [6.45, 7) is 5.68. The van der Waals surface area contributed by atoms with Crippen LogP contribution in [0.15, 0.2) is 47.3 Å². The van der Waals surface area contributed by atoms with E-state index in [1.165, 1.54) is 0 Å². The maximum Gasteiger partial charge on any atom is 0.255 e. The van der Waals surface area contributed by atoms with Crippen LogP contribution >= 0.6 is 0 Å². The predicted octanol–water partition coefficient (Wildman–Crippen LogP) is 3.71. The molecule has 0 saturated heterocycles. The van der Waals surface area contributed by atoms with Crippen LogP contribution in [-0.4, -0.2) is 10.9 Å². The highest BCUT2D eigenvalue weighted by Crippen LogP contribution is 2.21. The number of aromatic nitrogens is 1. The highest BCUT2D eigenvalue weighted by molar-refractivity contribution is 6.05. The molecule has 0 fully saturated rings. The minimum atomic E-state index is -0.167. The van der Waals surface area contributed by atoms with Crippen LogP contribution in [0.2, 0.25) is 0 Å². The van der Waals surface area contributed by atoms with Crippen LogP contribution in [0.5, 0.6) is 0 Å². The molecule has 1 aromatic heterocycles. The molecule has 0 unspecified atom stereocenters. The number of amides is 1. The molecule has 3 rings (SSSR count). The summed E-state index contributed by atoms with van der Waals surface area (Å²) in [6, 6.07) is 13.0. The van der Waals surface area contributed by atoms with Gasteiger partial charge in [-0.15, -0.1) is 0 Å². The highest BCUT2D eigenvalue weighted by Gasteiger charge is 2.09. The summed E-state index contributed by atoms with van der Waals surface area (Å²) in [5.74, 6) is -0.167. The van der Waals surface area contributed by atoms with E-state index in [-0.39, 0.29) is 11.5 Å². The summed E-state index contributed by atoms with van der Waals surface area (Å²) in [5, 5.41) is 3.85. The summed E-state index contributed by atoms with van der Waals surface area (Å²) >= 11 is 0. The second-order valence-electron chi connectivity index (χ2n) is 5.79. The third-order valence-electron chi connectivity index (χ3n) is 4.11. The number of hydrogen-bond acceptors (Lipinski definition) is 2. The number of pyridine rings is 1. The Morgan fingerprint density at radius 2 is 1.78 bits per heavy atom. The van der Waals surface area contributed by atoms with Crippen LogP contribution in [0.25, 0.3) is 10.9 Å². The number of rotatable bonds is 2. The van der Waals surface area contributed by atoms with Gasteiger partial charge in [0, 0.05) is 22.2 Å². The average Bonchev–Trinajstić information content (AvgIpc) is 2.52. The molecule has 23 heavy (non-hydrogen) atoms. The van der Waals surface area contributed by atoms with Crippen molar-refractivity contribution in [2.75, 3.05) is 5.32 Å². The van der Waals surface area contributed by atoms with Gasteiger partial charge >= 0.3 is 0 Å². The van der Waals surface area contributed by atoms with Gasteiger partial charge in [0.15, 0.2) is 0 Å². The normalized spacial score (nSPS) is 10.7. The predicted molar refractivity (Wildman–Crippen MR) is 93.2 cm³/mol. The molecule has 0 atom stereocenters. The molecule has 4 nitrogen and oxygen atoms in total. The topological polar surface area (TPSA) is 62.0 Å². The first-order valence-corrected chi connectivity index (χ1v) is 7.47. The van der Waals surface area contributed by atoms with Crippen molar-refractivity contribution in [3.63, 3.8) is 0 Å². The molecule has 0 aliphatic heterocycles. The molecule has 0 saturated carbocycles. The van der Waals surface area contributed by atoms with Gasteiger partial charge < -0.3 is 10.3 Å². The Hall–Kier alpha value is -2.88. The van der Waals surface area contributed by atoms with E-state index in [2.05, 4.69) is 10.3 Å². The molecule has 2 N–H and O–H groups in total. The second-order valence-corrected chi connectivity index (χ2v) is 5.79. The maximum atomic E-state index is 12.3. The first kappa shape index (κ1) is 15.0. The van der Waals surface area contributed by atoms with E-state index in [9.17, 15) is 9.59 Å². The van der Waals surface area contributed by atoms with Gasteiger partial charge in [0.25, 0.3) is 11.5 Å². The number of anilines is 1. The lowest BCUT2D eigenvalue weighted by Gasteiger charge is -2.09. The molecule has 1 heterocycles. The minimum Gasteiger partial charge on any atom is -0.322 e. The van der Waals surface area contributed by atoms with Crippen LogP contribution in [0, 0.1) is 20.8 Å². The Kier molecular flexibility index (Phi) is 3.74. The Labute approximate surface area is 134 Å². The third kappa shape index (κ3) is 2.88. The van der Waals surface area contributed by atoms with Crippen molar-refractivity contribution in [2.45, 2.75) is 20.8 Å². The first-order chi connectivity index (χ1) is 11.0. The summed E-state index contributed by atoms with van der Waals surface area (Å²) < 4.78 is 0. The van der Waals surface area contributed by atoms with Crippen molar-refractivity contribution >= 4 is 22.5 Å². The first-order valence-electron chi connectivity index (χ1n) is 7.47. The molecule has 116 valence electrons. The van der Waals surface area contributed by atoms with Crippen LogP contribution in [0.1, 0.15) is 27.0 Å². The standard InChI is InChI=1S/C19H18N2O2/c1-11-5-4-6-14(9-11)19(23)20-15-7-8-16-12(2)13(3)18(22)21-17(16)10-15/h4-10H,1-3H3,(H,20,23)(H,21,22). The zero-order chi connectivity index (χ0) is 16.6. The van der Waals surface area contributed by atoms with E-state index in [1.807, 2.05) is 44.2 Å². The smallest absolute Gasteiger partial charge is 0.255 e. The van der Waals surface area contributed by atoms with Crippen LogP contribution in [-0.2, 0) is 0 Å². The van der Waals surface area contributed by atoms with Gasteiger partial charge in [-0.2, -0.15) is 0 Å². The molecule has 3 aromatic rings. The Morgan fingerprint density at radius 3 is 2.52 bits per heavy atom. The van der Waals surface area contributed by atoms with E-state index in [0.717, 1.165) is 22.0 Å². The number of H-pyrrole nitrogens is 1. The number of carbonyl (C=O) groups is 1. The molecule has 0 radical (unpaired) electrons. The number of hydrogen-bond donors (Lipinski definition) is 2. The van der Waals surface area contributed by atoms with Crippen molar-refractivity contribution < 1.29 is 4.79 Å². The van der Waals surface area contributed by atoms with Gasteiger partial charge in [-0.1, -0.05) is 23.8 Å². The Morgan fingerprint density at radius 1 is 1.00 bits per heavy atom. The van der Waals surface area contributed by atoms with Crippen molar-refractivity contribution in [2.24, 2.45) is 0 Å². The van der Waals surface area contributed by atoms with Crippen molar-refractivity contribution in [3.05, 3.63) is 75.1 Å². The maximum absolute atomic E-state index is 12.3. The molecule has 0 bridgehead atoms. The van der Waals surface area contributed by atoms with E-state index < -0.39 is 0 Å². The fourth-order valence-corrected chi connectivity index (χ4v) is 2.63. The molecule has 0 spiro atoms. The van der Waals surface area contributed by atoms with Crippen molar-refractivity contribution in [1.82, 2.24) is 4.98 Å². The van der Waals surface area contributed by atoms with E-state index in [1.54, 1.807) is 19.1 Å². The molecular formula is C19H18N2O2. The molecule has 0 aliphatic carbocycles. The Balaban J connectivity index is 1.97. The van der Waals surface area contributed by atoms with Gasteiger partial charge in [0.1, 0.15) is 0 Å². The summed E-state index contributed by atoms with van der Waals surface area (Å²) in [5.41, 5.74) is 4.60. The highest BCUT2D eigenvalue weighted by atomic mass is 16.1. The minimum absolute atomic E-state index is 0.0999. The zero-order valence-electron chi connectivity index (χ0n) is 13.4. The van der Waals surface area contributed by atoms with E-state index in [0.29, 0.717) is 16.8 Å². The lowest BCUT2D eigenvalue weighted by molar-refractivity contribution is 0.102. The zero-order valence-corrected chi connectivity index (χ0v) is 13.4. The SMILES string of the molecule is Cc1cccc(C(=O)Nc2ccc3c(C)c(C)c(=O)[nH]c3c2)c1. The lowest BCUT2D eigenvalue weighted by Crippen LogP contribution is -2.13. The number of fused-ring (bicyclic) bond motifs is 1. The Bertz CT molecular complexity index is 971. The molecule has 2 aromatic carbocycles. The van der Waals surface area contributed by atoms with Gasteiger partial charge in [-0.05, 0) is 50.6 Å². The molecule has 1 amide bonds. The quantitative estimate of drug-likeness (QED) is 0.758. The van der Waals surface area contributed by atoms with Crippen LogP contribution in [0.4, 0.5) is 5.69 Å². The van der Waals surface area contributed by atoms with Crippen molar-refractivity contribution in [3.8, 4) is 0 Å². The monoisotopic (exact) mass is 306 g/mol. The number of aryl methyl sites for hydroxylation is 2. The fraction of sp³-hybridized carbons (Fsp3) is 0.158. The molecular weight excluding hydrogens is 288 g/mol. The molecule has 4 heteroatoms. The fourth-order valence-electron chi connectivity index (χ4n) is 2.63. The summed E-state index contributed by atoms with van der Waals surface area (Å²) in [7, 11) is 0. The lowest BCUT2D eigenvalue weighted by atomic mass is 10.1. The van der Waals surface area contributed by atoms with Crippen molar-refractivity contribution in [1.29, 1.82) is 0 Å². The molecule has 0 aliphatic rings. The van der Waals surface area contributed by atoms with Gasteiger partial charge in [0.05, 0.1) is 5.52 Å². The number of aromatic amines is 1. The summed E-state index contributed by atoms with van der Waals surface area (Å²) in [6.07, 6.45) is 0. The second kappa shape index (κ2) is 5.72. The number of benzene rings is 2. The third-order valence-corrected chi connectivity index (χ3v) is 4.11. The average molecular weight is 306 g/mol. The van der Waals surface area contributed by atoms with E-state index in [4.69, 9.17) is 0 Å². The van der Waals surface area contributed by atoms with Crippen LogP contribution in [0.3, 0.4) is 0 Å². The van der Waals surface area contributed by atoms with Crippen LogP contribution < -0.4 is 10.9 Å². The summed E-state index contributed by atoms with van der Waals surface area (Å²) in [4.78, 5) is 27.1. The van der Waals surface area contributed by atoms with Gasteiger partial charge in [0.2, 0.25) is 0 Å². The largest absolute Gasteiger partial charge is 0.322 e. The van der Waals surface area contributed by atoms with E-state index >= 15 is 0 Å². The van der Waals surface area contributed by atoms with Gasteiger partial charge in [-0.25, -0.2) is 0 Å². The number of carbonyl (C=O) groups excluding carboxylic acids is 1. The van der Waals surface area contributed by atoms with Gasteiger partial charge in [-0.3, -0.25) is 9.59 Å². The number of nitrogens with one attached hydrogen (secondary N) is 2.